The Kier molecular flexibility index (Phi) is 3.73. The van der Waals surface area contributed by atoms with Crippen molar-refractivity contribution in [3.05, 3.63) is 24.2 Å². The van der Waals surface area contributed by atoms with Gasteiger partial charge in [-0.3, -0.25) is 0 Å². The molecule has 1 aromatic heterocycles. The Bertz CT molecular complexity index is 230. The van der Waals surface area contributed by atoms with E-state index in [1.165, 1.54) is 0 Å². The van der Waals surface area contributed by atoms with Crippen molar-refractivity contribution in [1.29, 1.82) is 0 Å². The molecule has 0 aliphatic rings. The van der Waals surface area contributed by atoms with Crippen LogP contribution in [0.5, 0.6) is 0 Å². The van der Waals surface area contributed by atoms with Crippen molar-refractivity contribution in [2.24, 2.45) is 0 Å². The standard InChI is InChI=1S/C8H10O3S/c1-2-10-8(9)12-6-7-4-3-5-11-7/h3-5H,2,6H2,1H3. The molecule has 0 aliphatic carbocycles. The minimum absolute atomic E-state index is 0.256. The van der Waals surface area contributed by atoms with Crippen LogP contribution < -0.4 is 0 Å². The van der Waals surface area contributed by atoms with Crippen LogP contribution >= 0.6 is 11.8 Å². The van der Waals surface area contributed by atoms with E-state index in [2.05, 4.69) is 0 Å². The van der Waals surface area contributed by atoms with Crippen LogP contribution in [0.15, 0.2) is 22.8 Å². The van der Waals surface area contributed by atoms with E-state index in [1.54, 1.807) is 19.3 Å². The fourth-order valence-electron chi connectivity index (χ4n) is 0.684. The molecular weight excluding hydrogens is 176 g/mol. The number of hydrogen-bond donors (Lipinski definition) is 0. The molecule has 1 rings (SSSR count). The quantitative estimate of drug-likeness (QED) is 0.680. The zero-order valence-electron chi connectivity index (χ0n) is 6.78. The predicted octanol–water partition coefficient (Wildman–Crippen LogP) is 2.67. The molecule has 1 aromatic rings. The van der Waals surface area contributed by atoms with E-state index in [0.29, 0.717) is 12.4 Å². The van der Waals surface area contributed by atoms with Gasteiger partial charge in [0.05, 0.1) is 18.6 Å². The fraction of sp³-hybridized carbons (Fsp3) is 0.375. The average molecular weight is 186 g/mol. The Hall–Kier alpha value is -0.900. The summed E-state index contributed by atoms with van der Waals surface area (Å²) >= 11 is 1.10. The molecule has 0 fully saturated rings. The zero-order valence-corrected chi connectivity index (χ0v) is 7.60. The van der Waals surface area contributed by atoms with Gasteiger partial charge in [-0.1, -0.05) is 0 Å². The van der Waals surface area contributed by atoms with E-state index in [-0.39, 0.29) is 5.30 Å². The Balaban J connectivity index is 2.22. The van der Waals surface area contributed by atoms with Crippen molar-refractivity contribution in [2.75, 3.05) is 6.61 Å². The van der Waals surface area contributed by atoms with E-state index < -0.39 is 0 Å². The number of furan rings is 1. The lowest BCUT2D eigenvalue weighted by molar-refractivity contribution is 0.181. The molecule has 0 saturated heterocycles. The van der Waals surface area contributed by atoms with E-state index >= 15 is 0 Å². The Morgan fingerprint density at radius 2 is 2.58 bits per heavy atom. The minimum Gasteiger partial charge on any atom is -0.468 e. The third kappa shape index (κ3) is 3.00. The van der Waals surface area contributed by atoms with Crippen LogP contribution in [0, 0.1) is 0 Å². The maximum absolute atomic E-state index is 10.8. The molecule has 1 heterocycles. The summed E-state index contributed by atoms with van der Waals surface area (Å²) in [6, 6.07) is 3.62. The summed E-state index contributed by atoms with van der Waals surface area (Å²) in [5.74, 6) is 1.32. The summed E-state index contributed by atoms with van der Waals surface area (Å²) < 4.78 is 9.76. The molecule has 66 valence electrons. The molecule has 0 aliphatic heterocycles. The van der Waals surface area contributed by atoms with Crippen LogP contribution in [0.2, 0.25) is 0 Å². The lowest BCUT2D eigenvalue weighted by atomic mass is 10.5. The topological polar surface area (TPSA) is 39.4 Å². The molecule has 0 N–H and O–H groups in total. The molecular formula is C8H10O3S. The lowest BCUT2D eigenvalue weighted by Crippen LogP contribution is -1.96. The van der Waals surface area contributed by atoms with Gasteiger partial charge in [0, 0.05) is 0 Å². The second-order valence-electron chi connectivity index (χ2n) is 2.05. The SMILES string of the molecule is CCOC(=O)SCc1ccco1. The third-order valence-electron chi connectivity index (χ3n) is 1.17. The first-order valence-electron chi connectivity index (χ1n) is 3.65. The third-order valence-corrected chi connectivity index (χ3v) is 1.96. The molecule has 0 spiro atoms. The molecule has 0 bridgehead atoms. The smallest absolute Gasteiger partial charge is 0.367 e. The van der Waals surface area contributed by atoms with E-state index in [9.17, 15) is 4.79 Å². The molecule has 0 atom stereocenters. The van der Waals surface area contributed by atoms with Gasteiger partial charge in [-0.15, -0.1) is 0 Å². The number of hydrogen-bond acceptors (Lipinski definition) is 4. The molecule has 12 heavy (non-hydrogen) atoms. The van der Waals surface area contributed by atoms with Crippen molar-refractivity contribution in [1.82, 2.24) is 0 Å². The van der Waals surface area contributed by atoms with Crippen LogP contribution in [0.3, 0.4) is 0 Å². The van der Waals surface area contributed by atoms with Gasteiger partial charge < -0.3 is 9.15 Å². The Morgan fingerprint density at radius 3 is 3.17 bits per heavy atom. The van der Waals surface area contributed by atoms with E-state index in [4.69, 9.17) is 9.15 Å². The zero-order chi connectivity index (χ0) is 8.81. The first kappa shape index (κ1) is 9.19. The molecule has 0 aromatic carbocycles. The minimum atomic E-state index is -0.256. The highest BCUT2D eigenvalue weighted by molar-refractivity contribution is 8.12. The number of carbonyl (C=O) groups excluding carboxylic acids is 1. The molecule has 3 nitrogen and oxygen atoms in total. The molecule has 0 saturated carbocycles. The normalized spacial score (nSPS) is 9.75. The van der Waals surface area contributed by atoms with Crippen molar-refractivity contribution >= 4 is 17.1 Å². The number of rotatable bonds is 3. The summed E-state index contributed by atoms with van der Waals surface area (Å²) in [5, 5.41) is -0.256. The highest BCUT2D eigenvalue weighted by Gasteiger charge is 2.03. The first-order chi connectivity index (χ1) is 5.83. The van der Waals surface area contributed by atoms with Gasteiger partial charge in [-0.25, -0.2) is 4.79 Å². The molecule has 0 unspecified atom stereocenters. The first-order valence-corrected chi connectivity index (χ1v) is 4.63. The monoisotopic (exact) mass is 186 g/mol. The summed E-state index contributed by atoms with van der Waals surface area (Å²) in [4.78, 5) is 10.8. The predicted molar refractivity (Wildman–Crippen MR) is 47.0 cm³/mol. The van der Waals surface area contributed by atoms with Crippen LogP contribution in [0.4, 0.5) is 4.79 Å². The molecule has 0 radical (unpaired) electrons. The van der Waals surface area contributed by atoms with E-state index in [0.717, 1.165) is 17.5 Å². The van der Waals surface area contributed by atoms with Crippen molar-refractivity contribution in [3.8, 4) is 0 Å². The summed E-state index contributed by atoms with van der Waals surface area (Å²) in [5.41, 5.74) is 0. The highest BCUT2D eigenvalue weighted by atomic mass is 32.2. The van der Waals surface area contributed by atoms with Crippen molar-refractivity contribution in [3.63, 3.8) is 0 Å². The van der Waals surface area contributed by atoms with Gasteiger partial charge in [-0.05, 0) is 30.8 Å². The fourth-order valence-corrected chi connectivity index (χ4v) is 1.31. The van der Waals surface area contributed by atoms with Gasteiger partial charge >= 0.3 is 5.30 Å². The average Bonchev–Trinajstić information content (AvgIpc) is 2.53. The summed E-state index contributed by atoms with van der Waals surface area (Å²) in [6.07, 6.45) is 1.58. The largest absolute Gasteiger partial charge is 0.468 e. The molecule has 0 amide bonds. The number of carbonyl (C=O) groups is 1. The van der Waals surface area contributed by atoms with Crippen LogP contribution in [-0.2, 0) is 10.5 Å². The van der Waals surface area contributed by atoms with Gasteiger partial charge in [0.25, 0.3) is 0 Å². The van der Waals surface area contributed by atoms with Crippen molar-refractivity contribution < 1.29 is 13.9 Å². The summed E-state index contributed by atoms with van der Waals surface area (Å²) in [6.45, 7) is 2.20. The number of thioether (sulfide) groups is 1. The van der Waals surface area contributed by atoms with Crippen LogP contribution in [0.1, 0.15) is 12.7 Å². The second-order valence-corrected chi connectivity index (χ2v) is 2.96. The van der Waals surface area contributed by atoms with Crippen molar-refractivity contribution in [2.45, 2.75) is 12.7 Å². The van der Waals surface area contributed by atoms with E-state index in [1.807, 2.05) is 6.07 Å². The van der Waals surface area contributed by atoms with Gasteiger partial charge in [0.1, 0.15) is 5.76 Å². The highest BCUT2D eigenvalue weighted by Crippen LogP contribution is 2.14. The second kappa shape index (κ2) is 4.87. The van der Waals surface area contributed by atoms with Crippen LogP contribution in [0.25, 0.3) is 0 Å². The Labute approximate surface area is 75.1 Å². The van der Waals surface area contributed by atoms with Gasteiger partial charge in [0.15, 0.2) is 0 Å². The van der Waals surface area contributed by atoms with Gasteiger partial charge in [0.2, 0.25) is 0 Å². The molecule has 4 heteroatoms. The maximum atomic E-state index is 10.8. The summed E-state index contributed by atoms with van der Waals surface area (Å²) in [7, 11) is 0. The Morgan fingerprint density at radius 1 is 1.75 bits per heavy atom. The lowest BCUT2D eigenvalue weighted by Gasteiger charge is -1.97. The van der Waals surface area contributed by atoms with Crippen LogP contribution in [-0.4, -0.2) is 11.9 Å². The maximum Gasteiger partial charge on any atom is 0.367 e. The number of ether oxygens (including phenoxy) is 1. The van der Waals surface area contributed by atoms with Gasteiger partial charge in [-0.2, -0.15) is 0 Å².